The zero-order chi connectivity index (χ0) is 19.6. The van der Waals surface area contributed by atoms with Crippen molar-refractivity contribution in [2.45, 2.75) is 32.7 Å². The second-order valence-electron chi connectivity index (χ2n) is 6.33. The molecule has 0 radical (unpaired) electrons. The van der Waals surface area contributed by atoms with E-state index < -0.39 is 5.97 Å². The highest BCUT2D eigenvalue weighted by atomic mass is 16.6. The minimum Gasteiger partial charge on any atom is -0.482 e. The molecule has 0 aliphatic heterocycles. The number of benzene rings is 2. The molecular weight excluding hydrogens is 342 g/mol. The molecule has 0 aliphatic carbocycles. The predicted molar refractivity (Wildman–Crippen MR) is 105 cm³/mol. The van der Waals surface area contributed by atoms with Gasteiger partial charge >= 0.3 is 5.97 Å². The van der Waals surface area contributed by atoms with Crippen LogP contribution in [0.5, 0.6) is 5.75 Å². The highest BCUT2D eigenvalue weighted by Crippen LogP contribution is 2.28. The van der Waals surface area contributed by atoms with Crippen LogP contribution in [-0.4, -0.2) is 25.6 Å². The zero-order valence-electron chi connectivity index (χ0n) is 16.1. The maximum absolute atomic E-state index is 12.9. The lowest BCUT2D eigenvalue weighted by atomic mass is 9.88. The summed E-state index contributed by atoms with van der Waals surface area (Å²) in [4.78, 5) is 24.1. The number of ether oxygens (including phenoxy) is 2. The molecule has 0 bridgehead atoms. The van der Waals surface area contributed by atoms with E-state index in [1.165, 1.54) is 7.11 Å². The van der Waals surface area contributed by atoms with Crippen LogP contribution in [0.3, 0.4) is 0 Å². The molecule has 144 valence electrons. The summed E-state index contributed by atoms with van der Waals surface area (Å²) in [7, 11) is 1.30. The standard InChI is InChI=1S/C22H27NO4/c1-4-16(5-2)21(17-10-7-6-8-11-17)23-22(25)18-12-9-13-19(14-18)27-15-20(24)26-3/h6-14,16,21H,4-5,15H2,1-3H3,(H,23,25). The number of carbonyl (C=O) groups is 2. The molecule has 0 saturated carbocycles. The van der Waals surface area contributed by atoms with Gasteiger partial charge in [-0.25, -0.2) is 4.79 Å². The Balaban J connectivity index is 2.16. The maximum atomic E-state index is 12.9. The van der Waals surface area contributed by atoms with Crippen molar-refractivity contribution >= 4 is 11.9 Å². The smallest absolute Gasteiger partial charge is 0.343 e. The van der Waals surface area contributed by atoms with Crippen molar-refractivity contribution in [3.63, 3.8) is 0 Å². The first kappa shape index (κ1) is 20.5. The minimum absolute atomic E-state index is 0.0617. The first-order chi connectivity index (χ1) is 13.1. The summed E-state index contributed by atoms with van der Waals surface area (Å²) in [5, 5.41) is 3.17. The molecule has 27 heavy (non-hydrogen) atoms. The molecule has 1 atom stereocenters. The van der Waals surface area contributed by atoms with E-state index in [0.717, 1.165) is 18.4 Å². The molecular formula is C22H27NO4. The van der Waals surface area contributed by atoms with E-state index in [4.69, 9.17) is 4.74 Å². The Hall–Kier alpha value is -2.82. The lowest BCUT2D eigenvalue weighted by Crippen LogP contribution is -2.33. The Bertz CT molecular complexity index is 741. The fourth-order valence-electron chi connectivity index (χ4n) is 3.05. The van der Waals surface area contributed by atoms with E-state index in [2.05, 4.69) is 23.9 Å². The van der Waals surface area contributed by atoms with Crippen LogP contribution < -0.4 is 10.1 Å². The fourth-order valence-corrected chi connectivity index (χ4v) is 3.05. The number of amides is 1. The number of hydrogen-bond acceptors (Lipinski definition) is 4. The molecule has 0 spiro atoms. The van der Waals surface area contributed by atoms with E-state index in [-0.39, 0.29) is 18.6 Å². The highest BCUT2D eigenvalue weighted by molar-refractivity contribution is 5.94. The third kappa shape index (κ3) is 5.84. The van der Waals surface area contributed by atoms with Gasteiger partial charge in [0.2, 0.25) is 0 Å². The lowest BCUT2D eigenvalue weighted by molar-refractivity contribution is -0.142. The van der Waals surface area contributed by atoms with Gasteiger partial charge in [0.15, 0.2) is 6.61 Å². The number of methoxy groups -OCH3 is 1. The molecule has 0 heterocycles. The van der Waals surface area contributed by atoms with Gasteiger partial charge in [-0.1, -0.05) is 63.1 Å². The van der Waals surface area contributed by atoms with Crippen LogP contribution in [0.25, 0.3) is 0 Å². The normalized spacial score (nSPS) is 11.7. The van der Waals surface area contributed by atoms with Crippen LogP contribution in [0.15, 0.2) is 54.6 Å². The molecule has 1 amide bonds. The molecule has 2 aromatic carbocycles. The first-order valence-electron chi connectivity index (χ1n) is 9.24. The Morgan fingerprint density at radius 2 is 1.70 bits per heavy atom. The summed E-state index contributed by atoms with van der Waals surface area (Å²) < 4.78 is 9.93. The molecule has 5 heteroatoms. The van der Waals surface area contributed by atoms with Gasteiger partial charge in [0, 0.05) is 5.56 Å². The first-order valence-corrected chi connectivity index (χ1v) is 9.24. The molecule has 2 aromatic rings. The average molecular weight is 369 g/mol. The van der Waals surface area contributed by atoms with E-state index in [0.29, 0.717) is 17.2 Å². The molecule has 0 aliphatic rings. The number of rotatable bonds is 9. The molecule has 0 saturated heterocycles. The van der Waals surface area contributed by atoms with Crippen molar-refractivity contribution in [2.24, 2.45) is 5.92 Å². The van der Waals surface area contributed by atoms with Crippen molar-refractivity contribution in [3.05, 3.63) is 65.7 Å². The number of carbonyl (C=O) groups excluding carboxylic acids is 2. The summed E-state index contributed by atoms with van der Waals surface area (Å²) in [6, 6.07) is 16.8. The molecule has 1 N–H and O–H groups in total. The van der Waals surface area contributed by atoms with Crippen LogP contribution in [0, 0.1) is 5.92 Å². The monoisotopic (exact) mass is 369 g/mol. The second kappa shape index (κ2) is 10.4. The quantitative estimate of drug-likeness (QED) is 0.675. The molecule has 0 aromatic heterocycles. The van der Waals surface area contributed by atoms with Crippen LogP contribution in [0.2, 0.25) is 0 Å². The largest absolute Gasteiger partial charge is 0.482 e. The van der Waals surface area contributed by atoms with Gasteiger partial charge in [0.05, 0.1) is 13.2 Å². The minimum atomic E-state index is -0.470. The van der Waals surface area contributed by atoms with Crippen molar-refractivity contribution < 1.29 is 19.1 Å². The zero-order valence-corrected chi connectivity index (χ0v) is 16.1. The molecule has 0 fully saturated rings. The van der Waals surface area contributed by atoms with Crippen molar-refractivity contribution in [1.82, 2.24) is 5.32 Å². The summed E-state index contributed by atoms with van der Waals surface area (Å²) in [6.45, 7) is 4.08. The summed E-state index contributed by atoms with van der Waals surface area (Å²) in [5.41, 5.74) is 1.59. The van der Waals surface area contributed by atoms with E-state index in [1.54, 1.807) is 24.3 Å². The van der Waals surface area contributed by atoms with E-state index in [1.807, 2.05) is 30.3 Å². The highest BCUT2D eigenvalue weighted by Gasteiger charge is 2.23. The van der Waals surface area contributed by atoms with Gasteiger partial charge < -0.3 is 14.8 Å². The van der Waals surface area contributed by atoms with Gasteiger partial charge in [-0.05, 0) is 29.7 Å². The summed E-state index contributed by atoms with van der Waals surface area (Å²) >= 11 is 0. The number of esters is 1. The second-order valence-corrected chi connectivity index (χ2v) is 6.33. The van der Waals surface area contributed by atoms with Crippen LogP contribution in [0.1, 0.15) is 48.7 Å². The van der Waals surface area contributed by atoms with Crippen LogP contribution >= 0.6 is 0 Å². The van der Waals surface area contributed by atoms with Gasteiger partial charge in [0.1, 0.15) is 5.75 Å². The molecule has 5 nitrogen and oxygen atoms in total. The fraction of sp³-hybridized carbons (Fsp3) is 0.364. The topological polar surface area (TPSA) is 64.6 Å². The van der Waals surface area contributed by atoms with Crippen molar-refractivity contribution in [3.8, 4) is 5.75 Å². The van der Waals surface area contributed by atoms with Gasteiger partial charge in [-0.2, -0.15) is 0 Å². The maximum Gasteiger partial charge on any atom is 0.343 e. The SMILES string of the molecule is CCC(CC)C(NC(=O)c1cccc(OCC(=O)OC)c1)c1ccccc1. The van der Waals surface area contributed by atoms with E-state index in [9.17, 15) is 9.59 Å². The summed E-state index contributed by atoms with van der Waals surface area (Å²) in [6.07, 6.45) is 1.94. The average Bonchev–Trinajstić information content (AvgIpc) is 2.72. The van der Waals surface area contributed by atoms with Gasteiger partial charge in [-0.3, -0.25) is 4.79 Å². The van der Waals surface area contributed by atoms with Gasteiger partial charge in [0.25, 0.3) is 5.91 Å². The number of hydrogen-bond donors (Lipinski definition) is 1. The third-order valence-electron chi connectivity index (χ3n) is 4.65. The lowest BCUT2D eigenvalue weighted by Gasteiger charge is -2.27. The summed E-state index contributed by atoms with van der Waals surface area (Å²) in [5.74, 6) is 0.156. The molecule has 2 rings (SSSR count). The Kier molecular flexibility index (Phi) is 7.86. The predicted octanol–water partition coefficient (Wildman–Crippen LogP) is 4.15. The Labute approximate surface area is 160 Å². The van der Waals surface area contributed by atoms with Crippen molar-refractivity contribution in [2.75, 3.05) is 13.7 Å². The number of nitrogens with one attached hydrogen (secondary N) is 1. The van der Waals surface area contributed by atoms with Crippen LogP contribution in [-0.2, 0) is 9.53 Å². The molecule has 1 unspecified atom stereocenters. The van der Waals surface area contributed by atoms with Gasteiger partial charge in [-0.15, -0.1) is 0 Å². The Morgan fingerprint density at radius 3 is 2.33 bits per heavy atom. The van der Waals surface area contributed by atoms with Crippen LogP contribution in [0.4, 0.5) is 0 Å². The van der Waals surface area contributed by atoms with Crippen molar-refractivity contribution in [1.29, 1.82) is 0 Å². The van der Waals surface area contributed by atoms with E-state index >= 15 is 0 Å². The third-order valence-corrected chi connectivity index (χ3v) is 4.65. The Morgan fingerprint density at radius 1 is 1.00 bits per heavy atom.